The van der Waals surface area contributed by atoms with Crippen LogP contribution in [0, 0.1) is 0 Å². The predicted molar refractivity (Wildman–Crippen MR) is 104 cm³/mol. The summed E-state index contributed by atoms with van der Waals surface area (Å²) < 4.78 is 21.7. The average molecular weight is 382 g/mol. The van der Waals surface area contributed by atoms with Crippen molar-refractivity contribution >= 4 is 22.7 Å². The van der Waals surface area contributed by atoms with Crippen LogP contribution in [-0.4, -0.2) is 25.5 Å². The molecule has 0 N–H and O–H groups in total. The number of ether oxygens (including phenoxy) is 3. The van der Waals surface area contributed by atoms with Crippen LogP contribution in [0.5, 0.6) is 11.5 Å². The van der Waals surface area contributed by atoms with Gasteiger partial charge in [0.1, 0.15) is 23.7 Å². The highest BCUT2D eigenvalue weighted by atomic mass is 16.5. The van der Waals surface area contributed by atoms with Crippen LogP contribution < -0.4 is 9.47 Å². The first-order valence-corrected chi connectivity index (χ1v) is 8.98. The summed E-state index contributed by atoms with van der Waals surface area (Å²) in [5, 5.41) is 0.839. The first-order valence-electron chi connectivity index (χ1n) is 8.98. The topological polar surface area (TPSA) is 75.0 Å². The SMILES string of the molecule is CCOc1ccc(C(C)=O)cc1COC(=O)Cc1coc2cc(OC)ccc12. The van der Waals surface area contributed by atoms with Gasteiger partial charge in [-0.05, 0) is 44.2 Å². The summed E-state index contributed by atoms with van der Waals surface area (Å²) in [7, 11) is 1.58. The number of furan rings is 1. The number of benzene rings is 2. The number of Topliss-reactive ketones (excluding diaryl/α,β-unsaturated/α-hetero) is 1. The zero-order chi connectivity index (χ0) is 20.1. The molecule has 0 atom stereocenters. The average Bonchev–Trinajstić information content (AvgIpc) is 3.09. The summed E-state index contributed by atoms with van der Waals surface area (Å²) in [6, 6.07) is 10.6. The van der Waals surface area contributed by atoms with Crippen molar-refractivity contribution in [2.75, 3.05) is 13.7 Å². The number of fused-ring (bicyclic) bond motifs is 1. The number of carbonyl (C=O) groups excluding carboxylic acids is 2. The Labute approximate surface area is 163 Å². The molecule has 0 unspecified atom stereocenters. The van der Waals surface area contributed by atoms with E-state index in [0.717, 1.165) is 10.9 Å². The van der Waals surface area contributed by atoms with E-state index in [1.165, 1.54) is 6.92 Å². The van der Waals surface area contributed by atoms with Crippen LogP contribution in [-0.2, 0) is 22.6 Å². The van der Waals surface area contributed by atoms with Crippen LogP contribution in [0.3, 0.4) is 0 Å². The van der Waals surface area contributed by atoms with Gasteiger partial charge in [0.2, 0.25) is 0 Å². The van der Waals surface area contributed by atoms with Crippen LogP contribution in [0.25, 0.3) is 11.0 Å². The van der Waals surface area contributed by atoms with Crippen molar-refractivity contribution in [2.45, 2.75) is 26.9 Å². The van der Waals surface area contributed by atoms with Gasteiger partial charge >= 0.3 is 5.97 Å². The number of rotatable bonds is 8. The Balaban J connectivity index is 1.70. The lowest BCUT2D eigenvalue weighted by Crippen LogP contribution is -2.09. The van der Waals surface area contributed by atoms with E-state index in [-0.39, 0.29) is 18.8 Å². The lowest BCUT2D eigenvalue weighted by atomic mass is 10.1. The van der Waals surface area contributed by atoms with Crippen molar-refractivity contribution in [3.05, 3.63) is 59.4 Å². The van der Waals surface area contributed by atoms with Crippen LogP contribution in [0.2, 0.25) is 0 Å². The lowest BCUT2D eigenvalue weighted by molar-refractivity contribution is -0.144. The Morgan fingerprint density at radius 2 is 1.89 bits per heavy atom. The van der Waals surface area contributed by atoms with E-state index in [0.29, 0.717) is 34.8 Å². The molecule has 1 aromatic heterocycles. The smallest absolute Gasteiger partial charge is 0.310 e. The third-order valence-electron chi connectivity index (χ3n) is 4.35. The predicted octanol–water partition coefficient (Wildman–Crippen LogP) is 4.33. The fraction of sp³-hybridized carbons (Fsp3) is 0.273. The number of esters is 1. The van der Waals surface area contributed by atoms with Gasteiger partial charge in [0.05, 0.1) is 26.4 Å². The van der Waals surface area contributed by atoms with Crippen LogP contribution >= 0.6 is 0 Å². The zero-order valence-corrected chi connectivity index (χ0v) is 16.1. The third-order valence-corrected chi connectivity index (χ3v) is 4.35. The summed E-state index contributed by atoms with van der Waals surface area (Å²) >= 11 is 0. The molecule has 0 aliphatic heterocycles. The Kier molecular flexibility index (Phi) is 5.99. The maximum atomic E-state index is 12.3. The zero-order valence-electron chi connectivity index (χ0n) is 16.1. The first kappa shape index (κ1) is 19.5. The van der Waals surface area contributed by atoms with E-state index in [2.05, 4.69) is 0 Å². The highest BCUT2D eigenvalue weighted by Gasteiger charge is 2.14. The third kappa shape index (κ3) is 4.34. The van der Waals surface area contributed by atoms with Crippen molar-refractivity contribution in [3.8, 4) is 11.5 Å². The second kappa shape index (κ2) is 8.61. The minimum Gasteiger partial charge on any atom is -0.497 e. The molecule has 0 amide bonds. The molecule has 3 rings (SSSR count). The molecule has 0 fully saturated rings. The van der Waals surface area contributed by atoms with Crippen molar-refractivity contribution < 1.29 is 28.2 Å². The molecular weight excluding hydrogens is 360 g/mol. The van der Waals surface area contributed by atoms with E-state index in [4.69, 9.17) is 18.6 Å². The van der Waals surface area contributed by atoms with Crippen molar-refractivity contribution in [1.29, 1.82) is 0 Å². The molecule has 0 bridgehead atoms. The molecule has 0 saturated carbocycles. The second-order valence-electron chi connectivity index (χ2n) is 6.27. The van der Waals surface area contributed by atoms with Crippen molar-refractivity contribution in [2.24, 2.45) is 0 Å². The van der Waals surface area contributed by atoms with Gasteiger partial charge in [-0.2, -0.15) is 0 Å². The summed E-state index contributed by atoms with van der Waals surface area (Å²) in [5.74, 6) is 0.830. The number of hydrogen-bond donors (Lipinski definition) is 0. The maximum Gasteiger partial charge on any atom is 0.310 e. The van der Waals surface area contributed by atoms with Gasteiger partial charge in [0.25, 0.3) is 0 Å². The molecule has 146 valence electrons. The molecular formula is C22H22O6. The van der Waals surface area contributed by atoms with E-state index < -0.39 is 5.97 Å². The van der Waals surface area contributed by atoms with Gasteiger partial charge in [-0.1, -0.05) is 0 Å². The van der Waals surface area contributed by atoms with Gasteiger partial charge in [-0.15, -0.1) is 0 Å². The van der Waals surface area contributed by atoms with E-state index in [1.807, 2.05) is 19.1 Å². The molecule has 0 spiro atoms. The molecule has 2 aromatic carbocycles. The Morgan fingerprint density at radius 1 is 1.07 bits per heavy atom. The monoisotopic (exact) mass is 382 g/mol. The normalized spacial score (nSPS) is 10.7. The molecule has 6 nitrogen and oxygen atoms in total. The number of methoxy groups -OCH3 is 1. The number of ketones is 1. The summed E-state index contributed by atoms with van der Waals surface area (Å²) in [6.45, 7) is 3.86. The molecule has 3 aromatic rings. The Bertz CT molecular complexity index is 1000. The van der Waals surface area contributed by atoms with Gasteiger partial charge in [0, 0.05) is 28.1 Å². The molecule has 28 heavy (non-hydrogen) atoms. The van der Waals surface area contributed by atoms with Gasteiger partial charge in [0.15, 0.2) is 5.78 Å². The Hall–Kier alpha value is -3.28. The summed E-state index contributed by atoms with van der Waals surface area (Å²) in [6.07, 6.45) is 1.63. The Morgan fingerprint density at radius 3 is 2.61 bits per heavy atom. The minimum absolute atomic E-state index is 0.0267. The molecule has 6 heteroatoms. The quantitative estimate of drug-likeness (QED) is 0.426. The number of carbonyl (C=O) groups is 2. The van der Waals surface area contributed by atoms with Crippen LogP contribution in [0.4, 0.5) is 0 Å². The standard InChI is InChI=1S/C22H22O6/c1-4-26-20-8-5-15(14(2)23)9-17(20)13-28-22(24)10-16-12-27-21-11-18(25-3)6-7-19(16)21/h5-9,11-12H,4,10,13H2,1-3H3. The van der Waals surface area contributed by atoms with Crippen molar-refractivity contribution in [3.63, 3.8) is 0 Å². The molecule has 0 radical (unpaired) electrons. The highest BCUT2D eigenvalue weighted by molar-refractivity contribution is 5.94. The van der Waals surface area contributed by atoms with Gasteiger partial charge < -0.3 is 18.6 Å². The summed E-state index contributed by atoms with van der Waals surface area (Å²) in [5.41, 5.74) is 2.59. The second-order valence-corrected chi connectivity index (χ2v) is 6.27. The first-order chi connectivity index (χ1) is 13.5. The minimum atomic E-state index is -0.394. The lowest BCUT2D eigenvalue weighted by Gasteiger charge is -2.12. The fourth-order valence-electron chi connectivity index (χ4n) is 2.90. The van der Waals surface area contributed by atoms with Crippen LogP contribution in [0.1, 0.15) is 35.3 Å². The molecule has 1 heterocycles. The van der Waals surface area contributed by atoms with Gasteiger partial charge in [-0.25, -0.2) is 0 Å². The van der Waals surface area contributed by atoms with E-state index >= 15 is 0 Å². The molecule has 0 saturated heterocycles. The molecule has 0 aliphatic rings. The van der Waals surface area contributed by atoms with E-state index in [1.54, 1.807) is 37.6 Å². The van der Waals surface area contributed by atoms with E-state index in [9.17, 15) is 9.59 Å². The molecule has 0 aliphatic carbocycles. The van der Waals surface area contributed by atoms with Crippen molar-refractivity contribution in [1.82, 2.24) is 0 Å². The highest BCUT2D eigenvalue weighted by Crippen LogP contribution is 2.26. The fourth-order valence-corrected chi connectivity index (χ4v) is 2.90. The largest absolute Gasteiger partial charge is 0.497 e. The van der Waals surface area contributed by atoms with Crippen LogP contribution in [0.15, 0.2) is 47.1 Å². The summed E-state index contributed by atoms with van der Waals surface area (Å²) in [4.78, 5) is 24.0. The number of hydrogen-bond acceptors (Lipinski definition) is 6. The maximum absolute atomic E-state index is 12.3. The van der Waals surface area contributed by atoms with Gasteiger partial charge in [-0.3, -0.25) is 9.59 Å².